The third-order valence-electron chi connectivity index (χ3n) is 3.42. The van der Waals surface area contributed by atoms with Crippen LogP contribution in [0.15, 0.2) is 0 Å². The zero-order chi connectivity index (χ0) is 10.8. The van der Waals surface area contributed by atoms with Crippen molar-refractivity contribution in [3.05, 3.63) is 0 Å². The molecule has 2 heterocycles. The molecular formula is C11H17NO3. The summed E-state index contributed by atoms with van der Waals surface area (Å²) in [6.07, 6.45) is 3.37. The second-order valence-corrected chi connectivity index (χ2v) is 4.35. The van der Waals surface area contributed by atoms with Crippen LogP contribution in [0.25, 0.3) is 0 Å². The minimum Gasteiger partial charge on any atom is -0.378 e. The Kier molecular flexibility index (Phi) is 3.05. The maximum Gasteiger partial charge on any atom is 0.230 e. The Balaban J connectivity index is 2.11. The van der Waals surface area contributed by atoms with E-state index in [0.717, 1.165) is 25.9 Å². The summed E-state index contributed by atoms with van der Waals surface area (Å²) in [6, 6.07) is 0. The molecule has 2 fully saturated rings. The number of ether oxygens (including phenoxy) is 1. The number of carbonyl (C=O) groups excluding carboxylic acids is 2. The maximum atomic E-state index is 11.6. The van der Waals surface area contributed by atoms with Crippen LogP contribution in [0.4, 0.5) is 0 Å². The lowest BCUT2D eigenvalue weighted by molar-refractivity contribution is -0.142. The van der Waals surface area contributed by atoms with E-state index in [1.165, 1.54) is 0 Å². The molecule has 15 heavy (non-hydrogen) atoms. The smallest absolute Gasteiger partial charge is 0.230 e. The van der Waals surface area contributed by atoms with Crippen molar-refractivity contribution in [1.29, 1.82) is 0 Å². The Morgan fingerprint density at radius 3 is 2.87 bits per heavy atom. The van der Waals surface area contributed by atoms with Gasteiger partial charge in [-0.2, -0.15) is 0 Å². The fourth-order valence-corrected chi connectivity index (χ4v) is 2.65. The summed E-state index contributed by atoms with van der Waals surface area (Å²) in [5.41, 5.74) is 0. The zero-order valence-corrected chi connectivity index (χ0v) is 8.99. The van der Waals surface area contributed by atoms with Crippen molar-refractivity contribution in [2.24, 2.45) is 11.8 Å². The summed E-state index contributed by atoms with van der Waals surface area (Å²) < 4.78 is 5.59. The minimum absolute atomic E-state index is 0.0502. The van der Waals surface area contributed by atoms with Crippen LogP contribution < -0.4 is 5.32 Å². The van der Waals surface area contributed by atoms with E-state index in [9.17, 15) is 9.59 Å². The molecule has 2 rings (SSSR count). The first-order valence-electron chi connectivity index (χ1n) is 5.67. The fraction of sp³-hybridized carbons (Fsp3) is 0.818. The predicted molar refractivity (Wildman–Crippen MR) is 54.0 cm³/mol. The molecule has 84 valence electrons. The molecule has 2 amide bonds. The zero-order valence-electron chi connectivity index (χ0n) is 8.99. The molecule has 2 aliphatic rings. The molecule has 0 saturated carbocycles. The van der Waals surface area contributed by atoms with Crippen molar-refractivity contribution < 1.29 is 14.3 Å². The molecule has 4 heteroatoms. The quantitative estimate of drug-likeness (QED) is 0.689. The molecule has 1 N–H and O–H groups in total. The normalized spacial score (nSPS) is 36.7. The van der Waals surface area contributed by atoms with Gasteiger partial charge in [-0.15, -0.1) is 0 Å². The van der Waals surface area contributed by atoms with Gasteiger partial charge in [-0.3, -0.25) is 14.9 Å². The average molecular weight is 211 g/mol. The fourth-order valence-electron chi connectivity index (χ4n) is 2.65. The number of rotatable bonds is 2. The third-order valence-corrected chi connectivity index (χ3v) is 3.42. The lowest BCUT2D eigenvalue weighted by Gasteiger charge is -2.32. The molecule has 0 aromatic rings. The van der Waals surface area contributed by atoms with Gasteiger partial charge in [-0.1, -0.05) is 6.92 Å². The summed E-state index contributed by atoms with van der Waals surface area (Å²) in [5, 5.41) is 2.40. The minimum atomic E-state index is -0.148. The Labute approximate surface area is 89.4 Å². The van der Waals surface area contributed by atoms with E-state index < -0.39 is 0 Å². The van der Waals surface area contributed by atoms with Crippen LogP contribution in [0.3, 0.4) is 0 Å². The van der Waals surface area contributed by atoms with Gasteiger partial charge in [0.2, 0.25) is 11.8 Å². The molecule has 2 saturated heterocycles. The van der Waals surface area contributed by atoms with Crippen molar-refractivity contribution in [1.82, 2.24) is 5.32 Å². The molecular weight excluding hydrogens is 194 g/mol. The van der Waals surface area contributed by atoms with E-state index in [-0.39, 0.29) is 29.8 Å². The van der Waals surface area contributed by atoms with Crippen LogP contribution in [0, 0.1) is 11.8 Å². The Hall–Kier alpha value is -0.900. The lowest BCUT2D eigenvalue weighted by atomic mass is 9.79. The molecule has 0 spiro atoms. The molecule has 0 radical (unpaired) electrons. The molecule has 0 aliphatic carbocycles. The number of hydrogen-bond acceptors (Lipinski definition) is 3. The van der Waals surface area contributed by atoms with Crippen LogP contribution in [-0.4, -0.2) is 24.5 Å². The predicted octanol–water partition coefficient (Wildman–Crippen LogP) is 0.854. The number of imide groups is 1. The highest BCUT2D eigenvalue weighted by Crippen LogP contribution is 2.33. The molecule has 2 aliphatic heterocycles. The SMILES string of the molecule is CCC1C(=O)NC(=O)CC1C1CCCO1. The summed E-state index contributed by atoms with van der Waals surface area (Å²) in [5.74, 6) is -0.219. The van der Waals surface area contributed by atoms with Gasteiger partial charge in [-0.25, -0.2) is 0 Å². The first kappa shape index (κ1) is 10.6. The van der Waals surface area contributed by atoms with E-state index >= 15 is 0 Å². The molecule has 0 aromatic heterocycles. The van der Waals surface area contributed by atoms with Gasteiger partial charge in [0.1, 0.15) is 0 Å². The largest absolute Gasteiger partial charge is 0.378 e. The van der Waals surface area contributed by atoms with Crippen LogP contribution >= 0.6 is 0 Å². The average Bonchev–Trinajstić information content (AvgIpc) is 2.69. The summed E-state index contributed by atoms with van der Waals surface area (Å²) in [4.78, 5) is 22.9. The number of hydrogen-bond donors (Lipinski definition) is 1. The first-order chi connectivity index (χ1) is 7.22. The van der Waals surface area contributed by atoms with E-state index in [1.54, 1.807) is 0 Å². The Morgan fingerprint density at radius 2 is 2.27 bits per heavy atom. The first-order valence-corrected chi connectivity index (χ1v) is 5.67. The van der Waals surface area contributed by atoms with E-state index in [4.69, 9.17) is 4.74 Å². The van der Waals surface area contributed by atoms with Crippen LogP contribution in [0.1, 0.15) is 32.6 Å². The van der Waals surface area contributed by atoms with Crippen molar-refractivity contribution in [3.8, 4) is 0 Å². The van der Waals surface area contributed by atoms with Gasteiger partial charge in [0, 0.05) is 24.9 Å². The van der Waals surface area contributed by atoms with Crippen molar-refractivity contribution in [2.75, 3.05) is 6.61 Å². The van der Waals surface area contributed by atoms with Gasteiger partial charge in [0.15, 0.2) is 0 Å². The topological polar surface area (TPSA) is 55.4 Å². The van der Waals surface area contributed by atoms with Crippen LogP contribution in [0.2, 0.25) is 0 Å². The number of amides is 2. The van der Waals surface area contributed by atoms with Gasteiger partial charge in [0.25, 0.3) is 0 Å². The number of carbonyl (C=O) groups is 2. The summed E-state index contributed by atoms with van der Waals surface area (Å²) >= 11 is 0. The second-order valence-electron chi connectivity index (χ2n) is 4.35. The lowest BCUT2D eigenvalue weighted by Crippen LogP contribution is -2.48. The summed E-state index contributed by atoms with van der Waals surface area (Å²) in [6.45, 7) is 2.76. The number of piperidine rings is 1. The maximum absolute atomic E-state index is 11.6. The Morgan fingerprint density at radius 1 is 1.47 bits per heavy atom. The molecule has 3 atom stereocenters. The van der Waals surface area contributed by atoms with Crippen LogP contribution in [-0.2, 0) is 14.3 Å². The monoisotopic (exact) mass is 211 g/mol. The second kappa shape index (κ2) is 4.31. The number of nitrogens with one attached hydrogen (secondary N) is 1. The van der Waals surface area contributed by atoms with Crippen LogP contribution in [0.5, 0.6) is 0 Å². The van der Waals surface area contributed by atoms with Gasteiger partial charge in [-0.05, 0) is 19.3 Å². The van der Waals surface area contributed by atoms with E-state index in [2.05, 4.69) is 5.32 Å². The van der Waals surface area contributed by atoms with Crippen molar-refractivity contribution in [3.63, 3.8) is 0 Å². The highest BCUT2D eigenvalue weighted by atomic mass is 16.5. The Bertz CT molecular complexity index is 271. The standard InChI is InChI=1S/C11H17NO3/c1-2-7-8(9-4-3-5-15-9)6-10(13)12-11(7)14/h7-9H,2-6H2,1H3,(H,12,13,14). The van der Waals surface area contributed by atoms with Gasteiger partial charge in [0.05, 0.1) is 6.10 Å². The van der Waals surface area contributed by atoms with Gasteiger partial charge >= 0.3 is 0 Å². The molecule has 3 unspecified atom stereocenters. The van der Waals surface area contributed by atoms with E-state index in [1.807, 2.05) is 6.92 Å². The van der Waals surface area contributed by atoms with E-state index in [0.29, 0.717) is 6.42 Å². The van der Waals surface area contributed by atoms with Gasteiger partial charge < -0.3 is 4.74 Å². The molecule has 0 aromatic carbocycles. The summed E-state index contributed by atoms with van der Waals surface area (Å²) in [7, 11) is 0. The molecule has 0 bridgehead atoms. The highest BCUT2D eigenvalue weighted by molar-refractivity contribution is 5.99. The molecule has 4 nitrogen and oxygen atoms in total. The third kappa shape index (κ3) is 2.04. The van der Waals surface area contributed by atoms with Crippen molar-refractivity contribution >= 4 is 11.8 Å². The highest BCUT2D eigenvalue weighted by Gasteiger charge is 2.40. The van der Waals surface area contributed by atoms with Crippen molar-refractivity contribution in [2.45, 2.75) is 38.7 Å².